The van der Waals surface area contributed by atoms with Crippen LogP contribution in [-0.2, 0) is 10.5 Å². The zero-order valence-electron chi connectivity index (χ0n) is 16.8. The van der Waals surface area contributed by atoms with Crippen molar-refractivity contribution in [2.45, 2.75) is 36.2 Å². The van der Waals surface area contributed by atoms with E-state index in [1.165, 1.54) is 17.8 Å². The fourth-order valence-electron chi connectivity index (χ4n) is 3.94. The molecule has 2 aromatic carbocycles. The minimum absolute atomic E-state index is 0.151. The number of aromatic nitrogens is 3. The number of nitrogens with zero attached hydrogens (tertiary/aromatic N) is 3. The fourth-order valence-corrected chi connectivity index (χ4v) is 4.76. The topological polar surface area (TPSA) is 59.8 Å². The zero-order valence-corrected chi connectivity index (χ0v) is 17.6. The third-order valence-corrected chi connectivity index (χ3v) is 6.36. The van der Waals surface area contributed by atoms with Crippen molar-refractivity contribution in [3.8, 4) is 0 Å². The van der Waals surface area contributed by atoms with Gasteiger partial charge in [-0.15, -0.1) is 5.10 Å². The first kappa shape index (κ1) is 19.8. The van der Waals surface area contributed by atoms with Gasteiger partial charge < -0.3 is 5.32 Å². The zero-order chi connectivity index (χ0) is 21.2. The Morgan fingerprint density at radius 2 is 1.94 bits per heavy atom. The molecular formula is C24H21FN4OS. The number of fused-ring (bicyclic) bond motifs is 1. The average Bonchev–Trinajstić information content (AvgIpc) is 3.20. The highest BCUT2D eigenvalue weighted by Gasteiger charge is 2.34. The lowest BCUT2D eigenvalue weighted by atomic mass is 9.88. The minimum atomic E-state index is -0.311. The van der Waals surface area contributed by atoms with Crippen molar-refractivity contribution in [3.05, 3.63) is 88.9 Å². The van der Waals surface area contributed by atoms with E-state index >= 15 is 0 Å². The first-order valence-corrected chi connectivity index (χ1v) is 11.3. The molecule has 1 unspecified atom stereocenters. The Labute approximate surface area is 184 Å². The Morgan fingerprint density at radius 3 is 2.77 bits per heavy atom. The molecule has 5 rings (SSSR count). The van der Waals surface area contributed by atoms with E-state index in [0.29, 0.717) is 28.8 Å². The molecule has 0 fully saturated rings. The van der Waals surface area contributed by atoms with Crippen molar-refractivity contribution in [2.24, 2.45) is 0 Å². The van der Waals surface area contributed by atoms with E-state index < -0.39 is 0 Å². The number of anilines is 1. The van der Waals surface area contributed by atoms with Crippen LogP contribution in [0.4, 0.5) is 10.3 Å². The molecule has 0 radical (unpaired) electrons. The molecule has 0 amide bonds. The molecule has 0 saturated carbocycles. The molecule has 0 spiro atoms. The lowest BCUT2D eigenvalue weighted by molar-refractivity contribution is -0.116. The van der Waals surface area contributed by atoms with Gasteiger partial charge in [-0.2, -0.15) is 4.98 Å². The maximum atomic E-state index is 14.0. The van der Waals surface area contributed by atoms with Crippen LogP contribution in [0.1, 0.15) is 36.4 Å². The highest BCUT2D eigenvalue weighted by Crippen LogP contribution is 2.38. The maximum Gasteiger partial charge on any atom is 0.227 e. The van der Waals surface area contributed by atoms with Crippen LogP contribution in [-0.4, -0.2) is 20.5 Å². The summed E-state index contributed by atoms with van der Waals surface area (Å²) in [5, 5.41) is 8.53. The van der Waals surface area contributed by atoms with Gasteiger partial charge >= 0.3 is 0 Å². The van der Waals surface area contributed by atoms with Crippen LogP contribution in [0, 0.1) is 5.82 Å². The summed E-state index contributed by atoms with van der Waals surface area (Å²) in [4.78, 5) is 17.4. The molecule has 156 valence electrons. The lowest BCUT2D eigenvalue weighted by Crippen LogP contribution is -2.30. The van der Waals surface area contributed by atoms with Gasteiger partial charge in [0.05, 0.1) is 0 Å². The molecule has 2 heterocycles. The van der Waals surface area contributed by atoms with Crippen molar-refractivity contribution in [3.63, 3.8) is 0 Å². The molecule has 1 aliphatic heterocycles. The van der Waals surface area contributed by atoms with Gasteiger partial charge in [0.25, 0.3) is 0 Å². The summed E-state index contributed by atoms with van der Waals surface area (Å²) in [6.45, 7) is 0. The summed E-state index contributed by atoms with van der Waals surface area (Å²) in [6.07, 6.45) is 6.23. The predicted octanol–water partition coefficient (Wildman–Crippen LogP) is 5.40. The third-order valence-electron chi connectivity index (χ3n) is 5.48. The predicted molar refractivity (Wildman–Crippen MR) is 120 cm³/mol. The molecule has 1 N–H and O–H groups in total. The summed E-state index contributed by atoms with van der Waals surface area (Å²) in [6, 6.07) is 16.4. The first-order valence-electron chi connectivity index (χ1n) is 10.3. The van der Waals surface area contributed by atoms with Crippen molar-refractivity contribution < 1.29 is 9.18 Å². The number of hydrogen-bond donors (Lipinski definition) is 1. The van der Waals surface area contributed by atoms with Crippen molar-refractivity contribution >= 4 is 29.6 Å². The number of rotatable bonds is 5. The van der Waals surface area contributed by atoms with E-state index in [4.69, 9.17) is 0 Å². The second-order valence-corrected chi connectivity index (χ2v) is 8.49. The van der Waals surface area contributed by atoms with Gasteiger partial charge in [0.2, 0.25) is 11.1 Å². The van der Waals surface area contributed by atoms with E-state index in [1.807, 2.05) is 48.6 Å². The minimum Gasteiger partial charge on any atom is -0.328 e. The van der Waals surface area contributed by atoms with Crippen molar-refractivity contribution in [1.29, 1.82) is 0 Å². The molecule has 5 nitrogen and oxygen atoms in total. The van der Waals surface area contributed by atoms with E-state index in [9.17, 15) is 9.18 Å². The number of ketones is 1. The number of nitrogens with one attached hydrogen (secondary N) is 1. The molecular weight excluding hydrogens is 411 g/mol. The third kappa shape index (κ3) is 4.05. The molecule has 2 aliphatic rings. The van der Waals surface area contributed by atoms with Crippen LogP contribution in [0.15, 0.2) is 77.1 Å². The van der Waals surface area contributed by atoms with E-state index in [2.05, 4.69) is 15.4 Å². The normalized spacial score (nSPS) is 18.1. The van der Waals surface area contributed by atoms with Crippen LogP contribution < -0.4 is 5.32 Å². The summed E-state index contributed by atoms with van der Waals surface area (Å²) >= 11 is 1.38. The van der Waals surface area contributed by atoms with E-state index in [1.54, 1.807) is 16.8 Å². The largest absolute Gasteiger partial charge is 0.328 e. The quantitative estimate of drug-likeness (QED) is 0.547. The SMILES string of the molecule is O=C1CCCC2=C1C(/C=C/c1ccccc1)n1nc(SCc3ccccc3F)nc1N2. The van der Waals surface area contributed by atoms with Gasteiger partial charge in [0, 0.05) is 23.4 Å². The summed E-state index contributed by atoms with van der Waals surface area (Å²) in [5.41, 5.74) is 3.37. The molecule has 1 aliphatic carbocycles. The number of benzene rings is 2. The monoisotopic (exact) mass is 432 g/mol. The van der Waals surface area contributed by atoms with Gasteiger partial charge in [-0.05, 0) is 30.0 Å². The number of Topliss-reactive ketones (excluding diaryl/α,β-unsaturated/α-hetero) is 1. The van der Waals surface area contributed by atoms with Crippen molar-refractivity contribution in [1.82, 2.24) is 14.8 Å². The Bertz CT molecular complexity index is 1190. The van der Waals surface area contributed by atoms with Crippen LogP contribution >= 0.6 is 11.8 Å². The molecule has 0 bridgehead atoms. The lowest BCUT2D eigenvalue weighted by Gasteiger charge is -2.30. The number of thioether (sulfide) groups is 1. The fraction of sp³-hybridized carbons (Fsp3) is 0.208. The Kier molecular flexibility index (Phi) is 5.42. The second kappa shape index (κ2) is 8.51. The van der Waals surface area contributed by atoms with E-state index in [-0.39, 0.29) is 17.6 Å². The van der Waals surface area contributed by atoms with Crippen LogP contribution in [0.2, 0.25) is 0 Å². The molecule has 1 aromatic heterocycles. The number of carbonyl (C=O) groups excluding carboxylic acids is 1. The number of allylic oxidation sites excluding steroid dienone is 3. The highest BCUT2D eigenvalue weighted by atomic mass is 32.2. The molecule has 0 saturated heterocycles. The standard InChI is InChI=1S/C24H21FN4OS/c25-18-10-5-4-9-17(18)15-31-24-27-23-26-19-11-6-12-21(30)22(19)20(29(23)28-24)14-13-16-7-2-1-3-8-16/h1-5,7-10,13-14,20H,6,11-12,15H2,(H,26,27,28)/b14-13+. The van der Waals surface area contributed by atoms with Crippen LogP contribution in [0.25, 0.3) is 6.08 Å². The molecule has 31 heavy (non-hydrogen) atoms. The van der Waals surface area contributed by atoms with Gasteiger partial charge in [-0.25, -0.2) is 9.07 Å². The van der Waals surface area contributed by atoms with Gasteiger partial charge in [0.15, 0.2) is 5.78 Å². The van der Waals surface area contributed by atoms with Crippen LogP contribution in [0.5, 0.6) is 0 Å². The Balaban J connectivity index is 1.46. The Morgan fingerprint density at radius 1 is 1.13 bits per heavy atom. The van der Waals surface area contributed by atoms with Gasteiger partial charge in [-0.1, -0.05) is 72.4 Å². The van der Waals surface area contributed by atoms with Gasteiger partial charge in [-0.3, -0.25) is 4.79 Å². The molecule has 1 atom stereocenters. The number of halogens is 1. The highest BCUT2D eigenvalue weighted by molar-refractivity contribution is 7.98. The maximum absolute atomic E-state index is 14.0. The Hall–Kier alpha value is -3.19. The molecule has 3 aromatic rings. The van der Waals surface area contributed by atoms with E-state index in [0.717, 1.165) is 29.7 Å². The number of carbonyl (C=O) groups is 1. The summed E-state index contributed by atoms with van der Waals surface area (Å²) in [7, 11) is 0. The first-order chi connectivity index (χ1) is 15.2. The summed E-state index contributed by atoms with van der Waals surface area (Å²) in [5.74, 6) is 0.973. The average molecular weight is 433 g/mol. The van der Waals surface area contributed by atoms with Gasteiger partial charge in [0.1, 0.15) is 11.9 Å². The van der Waals surface area contributed by atoms with Crippen molar-refractivity contribution in [2.75, 3.05) is 5.32 Å². The molecule has 7 heteroatoms. The smallest absolute Gasteiger partial charge is 0.227 e. The second-order valence-electron chi connectivity index (χ2n) is 7.55. The number of hydrogen-bond acceptors (Lipinski definition) is 5. The van der Waals surface area contributed by atoms with Crippen LogP contribution in [0.3, 0.4) is 0 Å². The summed E-state index contributed by atoms with van der Waals surface area (Å²) < 4.78 is 15.7.